The molecule has 0 aliphatic rings. The first-order chi connectivity index (χ1) is 9.70. The number of benzene rings is 1. The van der Waals surface area contributed by atoms with E-state index in [1.165, 1.54) is 11.8 Å². The van der Waals surface area contributed by atoms with Crippen molar-refractivity contribution < 1.29 is 9.53 Å². The van der Waals surface area contributed by atoms with Crippen molar-refractivity contribution in [2.75, 3.05) is 12.4 Å². The van der Waals surface area contributed by atoms with Crippen LogP contribution >= 0.6 is 11.8 Å². The Morgan fingerprint density at radius 1 is 1.25 bits per heavy atom. The van der Waals surface area contributed by atoms with Crippen LogP contribution in [0, 0.1) is 0 Å². The lowest BCUT2D eigenvalue weighted by Gasteiger charge is -2.13. The minimum atomic E-state index is -0.241. The molecule has 0 aliphatic heterocycles. The SMILES string of the molecule is COc1ccccc1NC(=O)[C@H](C)Sc1ccccn1. The molecule has 2 aromatic rings. The van der Waals surface area contributed by atoms with Gasteiger partial charge in [-0.2, -0.15) is 0 Å². The Morgan fingerprint density at radius 3 is 2.70 bits per heavy atom. The molecule has 0 bridgehead atoms. The summed E-state index contributed by atoms with van der Waals surface area (Å²) in [6.07, 6.45) is 1.72. The maximum absolute atomic E-state index is 12.2. The van der Waals surface area contributed by atoms with E-state index in [0.717, 1.165) is 5.03 Å². The lowest BCUT2D eigenvalue weighted by molar-refractivity contribution is -0.115. The second-order valence-electron chi connectivity index (χ2n) is 4.12. The minimum Gasteiger partial charge on any atom is -0.495 e. The summed E-state index contributed by atoms with van der Waals surface area (Å²) in [4.78, 5) is 16.4. The number of hydrogen-bond donors (Lipinski definition) is 1. The van der Waals surface area contributed by atoms with E-state index >= 15 is 0 Å². The smallest absolute Gasteiger partial charge is 0.237 e. The van der Waals surface area contributed by atoms with Crippen molar-refractivity contribution in [3.63, 3.8) is 0 Å². The molecule has 2 rings (SSSR count). The first-order valence-electron chi connectivity index (χ1n) is 6.22. The van der Waals surface area contributed by atoms with Gasteiger partial charge in [0.2, 0.25) is 5.91 Å². The summed E-state index contributed by atoms with van der Waals surface area (Å²) in [6.45, 7) is 1.85. The number of pyridine rings is 1. The zero-order chi connectivity index (χ0) is 14.4. The number of thioether (sulfide) groups is 1. The molecule has 0 unspecified atom stereocenters. The van der Waals surface area contributed by atoms with Crippen LogP contribution in [0.15, 0.2) is 53.7 Å². The highest BCUT2D eigenvalue weighted by Crippen LogP contribution is 2.26. The zero-order valence-electron chi connectivity index (χ0n) is 11.4. The Labute approximate surface area is 122 Å². The molecule has 0 spiro atoms. The van der Waals surface area contributed by atoms with Gasteiger partial charge in [0, 0.05) is 6.20 Å². The van der Waals surface area contributed by atoms with Gasteiger partial charge in [0.05, 0.1) is 23.1 Å². The number of anilines is 1. The number of para-hydroxylation sites is 2. The van der Waals surface area contributed by atoms with E-state index in [0.29, 0.717) is 11.4 Å². The summed E-state index contributed by atoms with van der Waals surface area (Å²) in [7, 11) is 1.58. The van der Waals surface area contributed by atoms with Crippen molar-refractivity contribution in [2.45, 2.75) is 17.2 Å². The molecule has 1 N–H and O–H groups in total. The van der Waals surface area contributed by atoms with Gasteiger partial charge < -0.3 is 10.1 Å². The monoisotopic (exact) mass is 288 g/mol. The van der Waals surface area contributed by atoms with Crippen LogP contribution in [0.1, 0.15) is 6.92 Å². The van der Waals surface area contributed by atoms with E-state index in [9.17, 15) is 4.79 Å². The van der Waals surface area contributed by atoms with Gasteiger partial charge in [-0.3, -0.25) is 4.79 Å². The van der Waals surface area contributed by atoms with Gasteiger partial charge in [-0.1, -0.05) is 30.0 Å². The summed E-state index contributed by atoms with van der Waals surface area (Å²) in [5.74, 6) is 0.570. The number of nitrogens with one attached hydrogen (secondary N) is 1. The molecular formula is C15H16N2O2S. The normalized spacial score (nSPS) is 11.7. The number of carbonyl (C=O) groups is 1. The fourth-order valence-corrected chi connectivity index (χ4v) is 2.44. The quantitative estimate of drug-likeness (QED) is 0.858. The van der Waals surface area contributed by atoms with E-state index < -0.39 is 0 Å². The summed E-state index contributed by atoms with van der Waals surface area (Å²) in [5, 5.41) is 3.46. The molecule has 0 saturated carbocycles. The Kier molecular flexibility index (Phi) is 5.01. The van der Waals surface area contributed by atoms with Crippen LogP contribution in [0.25, 0.3) is 0 Å². The second kappa shape index (κ2) is 6.96. The van der Waals surface area contributed by atoms with Crippen LogP contribution in [0.4, 0.5) is 5.69 Å². The van der Waals surface area contributed by atoms with Gasteiger partial charge in [-0.15, -0.1) is 0 Å². The van der Waals surface area contributed by atoms with Crippen molar-refractivity contribution in [3.8, 4) is 5.75 Å². The highest BCUT2D eigenvalue weighted by atomic mass is 32.2. The number of ether oxygens (including phenoxy) is 1. The van der Waals surface area contributed by atoms with E-state index in [1.807, 2.05) is 49.4 Å². The maximum Gasteiger partial charge on any atom is 0.237 e. The largest absolute Gasteiger partial charge is 0.495 e. The van der Waals surface area contributed by atoms with Crippen LogP contribution in [-0.2, 0) is 4.79 Å². The van der Waals surface area contributed by atoms with Crippen LogP contribution < -0.4 is 10.1 Å². The predicted octanol–water partition coefficient (Wildman–Crippen LogP) is 3.21. The lowest BCUT2D eigenvalue weighted by atomic mass is 10.3. The average molecular weight is 288 g/mol. The first-order valence-corrected chi connectivity index (χ1v) is 7.10. The van der Waals surface area contributed by atoms with Crippen molar-refractivity contribution in [1.29, 1.82) is 0 Å². The molecule has 5 heteroatoms. The van der Waals surface area contributed by atoms with E-state index in [4.69, 9.17) is 4.74 Å². The van der Waals surface area contributed by atoms with Crippen molar-refractivity contribution >= 4 is 23.4 Å². The van der Waals surface area contributed by atoms with Crippen LogP contribution in [0.2, 0.25) is 0 Å². The second-order valence-corrected chi connectivity index (χ2v) is 5.48. The van der Waals surface area contributed by atoms with Crippen LogP contribution in [0.5, 0.6) is 5.75 Å². The standard InChI is InChI=1S/C15H16N2O2S/c1-11(20-14-9-5-6-10-16-14)15(18)17-12-7-3-4-8-13(12)19-2/h3-11H,1-2H3,(H,17,18)/t11-/m0/s1. The van der Waals surface area contributed by atoms with Crippen molar-refractivity contribution in [3.05, 3.63) is 48.7 Å². The van der Waals surface area contributed by atoms with Crippen LogP contribution in [0.3, 0.4) is 0 Å². The van der Waals surface area contributed by atoms with E-state index in [1.54, 1.807) is 13.3 Å². The van der Waals surface area contributed by atoms with Gasteiger partial charge >= 0.3 is 0 Å². The molecule has 0 radical (unpaired) electrons. The van der Waals surface area contributed by atoms with Gasteiger partial charge in [0.25, 0.3) is 0 Å². The number of hydrogen-bond acceptors (Lipinski definition) is 4. The summed E-state index contributed by atoms with van der Waals surface area (Å²) >= 11 is 1.42. The molecule has 1 aromatic heterocycles. The number of methoxy groups -OCH3 is 1. The molecule has 4 nitrogen and oxygen atoms in total. The molecular weight excluding hydrogens is 272 g/mol. The summed E-state index contributed by atoms with van der Waals surface area (Å²) in [5.41, 5.74) is 0.675. The number of aromatic nitrogens is 1. The third-order valence-electron chi connectivity index (χ3n) is 2.67. The summed E-state index contributed by atoms with van der Waals surface area (Å²) < 4.78 is 5.21. The third-order valence-corrected chi connectivity index (χ3v) is 3.72. The highest BCUT2D eigenvalue weighted by molar-refractivity contribution is 8.00. The maximum atomic E-state index is 12.2. The Bertz CT molecular complexity index is 575. The molecule has 104 valence electrons. The highest BCUT2D eigenvalue weighted by Gasteiger charge is 2.16. The van der Waals surface area contributed by atoms with Crippen molar-refractivity contribution in [2.24, 2.45) is 0 Å². The van der Waals surface area contributed by atoms with E-state index in [2.05, 4.69) is 10.3 Å². The third kappa shape index (κ3) is 3.74. The zero-order valence-corrected chi connectivity index (χ0v) is 12.2. The lowest BCUT2D eigenvalue weighted by Crippen LogP contribution is -2.22. The van der Waals surface area contributed by atoms with Gasteiger partial charge in [-0.25, -0.2) is 4.98 Å². The molecule has 20 heavy (non-hydrogen) atoms. The fraction of sp³-hybridized carbons (Fsp3) is 0.200. The molecule has 1 amide bonds. The predicted molar refractivity (Wildman–Crippen MR) is 81.2 cm³/mol. The molecule has 1 atom stereocenters. The number of carbonyl (C=O) groups excluding carboxylic acids is 1. The van der Waals surface area contributed by atoms with Gasteiger partial charge in [0.15, 0.2) is 0 Å². The number of rotatable bonds is 5. The Balaban J connectivity index is 2.01. The number of amides is 1. The minimum absolute atomic E-state index is 0.0786. The summed E-state index contributed by atoms with van der Waals surface area (Å²) in [6, 6.07) is 13.0. The van der Waals surface area contributed by atoms with Crippen molar-refractivity contribution in [1.82, 2.24) is 4.98 Å². The van der Waals surface area contributed by atoms with E-state index in [-0.39, 0.29) is 11.2 Å². The average Bonchev–Trinajstić information content (AvgIpc) is 2.48. The molecule has 0 saturated heterocycles. The van der Waals surface area contributed by atoms with Gasteiger partial charge in [-0.05, 0) is 31.2 Å². The Morgan fingerprint density at radius 2 is 2.00 bits per heavy atom. The topological polar surface area (TPSA) is 51.2 Å². The fourth-order valence-electron chi connectivity index (χ4n) is 1.63. The number of nitrogens with zero attached hydrogens (tertiary/aromatic N) is 1. The molecule has 1 heterocycles. The first kappa shape index (κ1) is 14.4. The Hall–Kier alpha value is -2.01. The molecule has 1 aromatic carbocycles. The molecule has 0 fully saturated rings. The van der Waals surface area contributed by atoms with Gasteiger partial charge in [0.1, 0.15) is 5.75 Å². The van der Waals surface area contributed by atoms with Crippen LogP contribution in [-0.4, -0.2) is 23.3 Å². The molecule has 0 aliphatic carbocycles.